The van der Waals surface area contributed by atoms with Gasteiger partial charge >= 0.3 is 161 Å². The van der Waals surface area contributed by atoms with E-state index in [4.69, 9.17) is 32.8 Å². The minimum Gasteiger partial charge on any atom is -0.328 e. The van der Waals surface area contributed by atoms with Crippen LogP contribution in [0.2, 0.25) is 0 Å². The summed E-state index contributed by atoms with van der Waals surface area (Å²) in [6.07, 6.45) is 0. The van der Waals surface area contributed by atoms with Crippen LogP contribution < -0.4 is 0 Å². The Labute approximate surface area is 206 Å². The summed E-state index contributed by atoms with van der Waals surface area (Å²) in [4.78, 5) is 8.36. The molecule has 14 heteroatoms. The summed E-state index contributed by atoms with van der Waals surface area (Å²) in [6.45, 7) is 0. The molecule has 0 aromatic carbocycles. The standard InChI is InChI=1S/4Ca.ClH.HNO3.H2O4S/c;;;;;2-1(3)4;1-5(2,3)4/h;;;;1H;(H,2,3,4);(H2,1,2,3,4)/q4*+2;;;. The third-order valence-corrected chi connectivity index (χ3v) is 0. The molecule has 3 N–H and O–H groups in total. The summed E-state index contributed by atoms with van der Waals surface area (Å²) in [7, 11) is -4.67. The fourth-order valence-corrected chi connectivity index (χ4v) is 0. The second-order valence-electron chi connectivity index (χ2n) is 0.686. The summed E-state index contributed by atoms with van der Waals surface area (Å²) >= 11 is 0. The summed E-state index contributed by atoms with van der Waals surface area (Å²) in [6, 6.07) is 0. The van der Waals surface area contributed by atoms with Crippen molar-refractivity contribution in [1.82, 2.24) is 0 Å². The molecule has 0 saturated carbocycles. The van der Waals surface area contributed by atoms with Crippen LogP contribution in [0.5, 0.6) is 0 Å². The van der Waals surface area contributed by atoms with E-state index in [-0.39, 0.29) is 163 Å². The van der Waals surface area contributed by atoms with Crippen LogP contribution in [0.25, 0.3) is 0 Å². The quantitative estimate of drug-likeness (QED) is 0.195. The molecule has 0 aliphatic rings. The number of halogens is 1. The van der Waals surface area contributed by atoms with Crippen molar-refractivity contribution in [2.45, 2.75) is 0 Å². The number of hydrogen-bond donors (Lipinski definition) is 3. The van der Waals surface area contributed by atoms with Gasteiger partial charge in [0, 0.05) is 0 Å². The van der Waals surface area contributed by atoms with Crippen molar-refractivity contribution in [1.29, 1.82) is 0 Å². The smallest absolute Gasteiger partial charge is 0.328 e. The van der Waals surface area contributed by atoms with Crippen LogP contribution in [0.4, 0.5) is 0 Å². The molecule has 0 saturated heterocycles. The van der Waals surface area contributed by atoms with Crippen molar-refractivity contribution in [3.05, 3.63) is 10.1 Å². The van der Waals surface area contributed by atoms with Gasteiger partial charge in [-0.05, 0) is 0 Å². The van der Waals surface area contributed by atoms with Gasteiger partial charge in [0.15, 0.2) is 0 Å². The van der Waals surface area contributed by atoms with Gasteiger partial charge < -0.3 is 5.21 Å². The average molecular weight is 358 g/mol. The first-order valence-electron chi connectivity index (χ1n) is 1.26. The van der Waals surface area contributed by atoms with Crippen molar-refractivity contribution in [3.8, 4) is 0 Å². The topological polar surface area (TPSA) is 138 Å². The Morgan fingerprint density at radius 3 is 1.00 bits per heavy atom. The fraction of sp³-hybridized carbons (Fsp3) is 0. The predicted octanol–water partition coefficient (Wildman–Crippen LogP) is -2.10. The molecule has 8 nitrogen and oxygen atoms in total. The Morgan fingerprint density at radius 2 is 1.00 bits per heavy atom. The molecule has 64 valence electrons. The molecule has 0 rings (SSSR count). The molecule has 14 heavy (non-hydrogen) atoms. The summed E-state index contributed by atoms with van der Waals surface area (Å²) in [5, 5.41) is 13.6. The monoisotopic (exact) mass is 357 g/mol. The zero-order chi connectivity index (χ0) is 8.08. The predicted molar refractivity (Wildman–Crippen MR) is 53.2 cm³/mol. The Balaban J connectivity index is -0.0000000104. The maximum atomic E-state index is 8.74. The van der Waals surface area contributed by atoms with Gasteiger partial charge in [0.1, 0.15) is 0 Å². The van der Waals surface area contributed by atoms with Crippen molar-refractivity contribution < 1.29 is 27.8 Å². The largest absolute Gasteiger partial charge is 2.00 e. The van der Waals surface area contributed by atoms with Crippen LogP contribution in [0.3, 0.4) is 0 Å². The Hall–Kier alpha value is 4.40. The van der Waals surface area contributed by atoms with E-state index in [9.17, 15) is 0 Å². The second-order valence-corrected chi connectivity index (χ2v) is 1.58. The molecule has 0 radical (unpaired) electrons. The van der Waals surface area contributed by atoms with Gasteiger partial charge in [-0.2, -0.15) is 8.42 Å². The molecule has 0 heterocycles. The zero-order valence-corrected chi connectivity index (χ0v) is 17.5. The molecular formula is H4Ca4ClNO7S+8. The first-order chi connectivity index (χ1) is 3.73. The van der Waals surface area contributed by atoms with Gasteiger partial charge in [-0.1, -0.05) is 0 Å². The van der Waals surface area contributed by atoms with E-state index in [1.54, 1.807) is 0 Å². The number of nitrogens with zero attached hydrogens (tertiary/aromatic N) is 1. The van der Waals surface area contributed by atoms with Crippen molar-refractivity contribution in [2.24, 2.45) is 0 Å². The molecule has 0 aromatic heterocycles. The Morgan fingerprint density at radius 1 is 1.00 bits per heavy atom. The molecular weight excluding hydrogens is 354 g/mol. The molecule has 0 aliphatic heterocycles. The van der Waals surface area contributed by atoms with Gasteiger partial charge in [0.2, 0.25) is 0 Å². The number of rotatable bonds is 0. The van der Waals surface area contributed by atoms with Gasteiger partial charge in [-0.25, -0.2) is 0 Å². The minimum atomic E-state index is -4.67. The molecule has 0 fully saturated rings. The van der Waals surface area contributed by atoms with E-state index < -0.39 is 15.5 Å². The van der Waals surface area contributed by atoms with E-state index in [0.29, 0.717) is 0 Å². The van der Waals surface area contributed by atoms with Gasteiger partial charge in [0.25, 0.3) is 5.09 Å². The summed E-state index contributed by atoms with van der Waals surface area (Å²) < 4.78 is 31.6. The summed E-state index contributed by atoms with van der Waals surface area (Å²) in [5.41, 5.74) is 0. The molecule has 0 amide bonds. The van der Waals surface area contributed by atoms with E-state index >= 15 is 0 Å². The second kappa shape index (κ2) is 26.1. The van der Waals surface area contributed by atoms with Crippen molar-refractivity contribution >= 4 is 174 Å². The van der Waals surface area contributed by atoms with Gasteiger partial charge in [-0.15, -0.1) is 22.5 Å². The first kappa shape index (κ1) is 42.9. The minimum absolute atomic E-state index is 0. The van der Waals surface area contributed by atoms with Crippen LogP contribution in [0.1, 0.15) is 0 Å². The molecule has 0 spiro atoms. The molecule has 0 bridgehead atoms. The van der Waals surface area contributed by atoms with Crippen molar-refractivity contribution in [2.75, 3.05) is 0 Å². The maximum absolute atomic E-state index is 8.74. The summed E-state index contributed by atoms with van der Waals surface area (Å²) in [5.74, 6) is 0. The normalized spacial score (nSPS) is 5.86. The zero-order valence-electron chi connectivity index (χ0n) is 7.07. The van der Waals surface area contributed by atoms with Crippen molar-refractivity contribution in [3.63, 3.8) is 0 Å². The fourth-order valence-electron chi connectivity index (χ4n) is 0. The van der Waals surface area contributed by atoms with Crippen LogP contribution in [-0.2, 0) is 10.4 Å². The SMILES string of the molecule is Cl.O=S(=O)(O)O.O=[N+]([O-])O.[Ca+2].[Ca+2].[Ca+2].[Ca+2]. The Kier molecular flexibility index (Phi) is 79.8. The van der Waals surface area contributed by atoms with Crippen LogP contribution in [-0.4, -0.2) is 179 Å². The van der Waals surface area contributed by atoms with Gasteiger partial charge in [-0.3, -0.25) is 9.11 Å². The molecule has 0 aliphatic carbocycles. The van der Waals surface area contributed by atoms with Crippen LogP contribution in [0, 0.1) is 10.1 Å². The third-order valence-electron chi connectivity index (χ3n) is 0. The first-order valence-corrected chi connectivity index (χ1v) is 2.66. The van der Waals surface area contributed by atoms with Gasteiger partial charge in [0.05, 0.1) is 0 Å². The van der Waals surface area contributed by atoms with E-state index in [1.807, 2.05) is 0 Å². The van der Waals surface area contributed by atoms with Crippen LogP contribution >= 0.6 is 12.4 Å². The average Bonchev–Trinajstić information content (AvgIpc) is 1.19. The molecule has 0 unspecified atom stereocenters. The van der Waals surface area contributed by atoms with Crippen LogP contribution in [0.15, 0.2) is 0 Å². The van der Waals surface area contributed by atoms with E-state index in [0.717, 1.165) is 0 Å². The number of hydrogen-bond acceptors (Lipinski definition) is 4. The molecule has 0 atom stereocenters. The Bertz CT molecular complexity index is 168. The maximum Gasteiger partial charge on any atom is 2.00 e. The third kappa shape index (κ3) is 201. The molecule has 0 aromatic rings. The van der Waals surface area contributed by atoms with E-state index in [1.165, 1.54) is 0 Å². The van der Waals surface area contributed by atoms with E-state index in [2.05, 4.69) is 0 Å².